The van der Waals surface area contributed by atoms with Gasteiger partial charge in [-0.3, -0.25) is 4.79 Å². The van der Waals surface area contributed by atoms with Gasteiger partial charge in [-0.05, 0) is 37.1 Å². The number of aromatic nitrogens is 2. The molecule has 1 aromatic carbocycles. The van der Waals surface area contributed by atoms with Crippen LogP contribution in [-0.2, 0) is 11.3 Å². The van der Waals surface area contributed by atoms with Crippen molar-refractivity contribution in [1.82, 2.24) is 9.97 Å². The monoisotopic (exact) mass is 332 g/mol. The SMILES string of the molecule is Cc1nc2sc(C(=O)OCc3cccc(F)c3)c(C)c2c(=O)[nH]1. The van der Waals surface area contributed by atoms with Gasteiger partial charge in [0.25, 0.3) is 5.56 Å². The summed E-state index contributed by atoms with van der Waals surface area (Å²) in [5.41, 5.74) is 0.831. The second-order valence-corrected chi connectivity index (χ2v) is 6.09. The van der Waals surface area contributed by atoms with E-state index in [2.05, 4.69) is 9.97 Å². The number of fused-ring (bicyclic) bond motifs is 1. The molecule has 0 atom stereocenters. The third-order valence-corrected chi connectivity index (χ3v) is 4.53. The number of carbonyl (C=O) groups is 1. The van der Waals surface area contributed by atoms with Crippen LogP contribution in [0.2, 0.25) is 0 Å². The second kappa shape index (κ2) is 5.92. The lowest BCUT2D eigenvalue weighted by Gasteiger charge is -2.04. The molecule has 0 radical (unpaired) electrons. The fourth-order valence-corrected chi connectivity index (χ4v) is 3.41. The number of halogens is 1. The highest BCUT2D eigenvalue weighted by molar-refractivity contribution is 7.20. The zero-order valence-electron chi connectivity index (χ0n) is 12.5. The highest BCUT2D eigenvalue weighted by Gasteiger charge is 2.20. The van der Waals surface area contributed by atoms with E-state index in [9.17, 15) is 14.0 Å². The molecule has 1 N–H and O–H groups in total. The van der Waals surface area contributed by atoms with Gasteiger partial charge in [0, 0.05) is 0 Å². The molecule has 0 aliphatic carbocycles. The van der Waals surface area contributed by atoms with Gasteiger partial charge in [0.2, 0.25) is 0 Å². The number of thiophene rings is 1. The lowest BCUT2D eigenvalue weighted by atomic mass is 10.2. The first-order valence-corrected chi connectivity index (χ1v) is 7.69. The summed E-state index contributed by atoms with van der Waals surface area (Å²) in [5, 5.41) is 0.401. The molecule has 5 nitrogen and oxygen atoms in total. The topological polar surface area (TPSA) is 72.0 Å². The summed E-state index contributed by atoms with van der Waals surface area (Å²) in [6, 6.07) is 5.85. The Morgan fingerprint density at radius 1 is 1.39 bits per heavy atom. The number of carbonyl (C=O) groups excluding carboxylic acids is 1. The van der Waals surface area contributed by atoms with Crippen LogP contribution in [0, 0.1) is 19.7 Å². The molecule has 0 bridgehead atoms. The van der Waals surface area contributed by atoms with Crippen molar-refractivity contribution in [2.75, 3.05) is 0 Å². The summed E-state index contributed by atoms with van der Waals surface area (Å²) in [6.45, 7) is 3.33. The number of aryl methyl sites for hydroxylation is 2. The lowest BCUT2D eigenvalue weighted by Crippen LogP contribution is -2.10. The van der Waals surface area contributed by atoms with E-state index in [4.69, 9.17) is 4.74 Å². The molecular weight excluding hydrogens is 319 g/mol. The van der Waals surface area contributed by atoms with Gasteiger partial charge < -0.3 is 9.72 Å². The number of benzene rings is 1. The van der Waals surface area contributed by atoms with Gasteiger partial charge in [0.15, 0.2) is 0 Å². The van der Waals surface area contributed by atoms with Crippen molar-refractivity contribution in [2.24, 2.45) is 0 Å². The number of hydrogen-bond acceptors (Lipinski definition) is 5. The van der Waals surface area contributed by atoms with Crippen LogP contribution in [0.25, 0.3) is 10.2 Å². The highest BCUT2D eigenvalue weighted by Crippen LogP contribution is 2.27. The first kappa shape index (κ1) is 15.4. The van der Waals surface area contributed by atoms with E-state index in [1.165, 1.54) is 12.1 Å². The molecule has 0 aliphatic heterocycles. The van der Waals surface area contributed by atoms with E-state index >= 15 is 0 Å². The smallest absolute Gasteiger partial charge is 0.349 e. The third-order valence-electron chi connectivity index (χ3n) is 3.36. The van der Waals surface area contributed by atoms with Crippen LogP contribution >= 0.6 is 11.3 Å². The first-order valence-electron chi connectivity index (χ1n) is 6.87. The van der Waals surface area contributed by atoms with Crippen LogP contribution in [0.1, 0.15) is 26.6 Å². The minimum absolute atomic E-state index is 0.0346. The zero-order chi connectivity index (χ0) is 16.6. The van der Waals surface area contributed by atoms with Crippen molar-refractivity contribution in [3.05, 3.63) is 62.3 Å². The van der Waals surface area contributed by atoms with Gasteiger partial charge in [-0.2, -0.15) is 0 Å². The van der Waals surface area contributed by atoms with E-state index < -0.39 is 5.97 Å². The number of nitrogens with one attached hydrogen (secondary N) is 1. The van der Waals surface area contributed by atoms with E-state index in [0.717, 1.165) is 11.3 Å². The fourth-order valence-electron chi connectivity index (χ4n) is 2.29. The molecule has 0 spiro atoms. The molecule has 0 fully saturated rings. The van der Waals surface area contributed by atoms with Crippen LogP contribution in [0.5, 0.6) is 0 Å². The van der Waals surface area contributed by atoms with Crippen LogP contribution in [0.3, 0.4) is 0 Å². The third kappa shape index (κ3) is 3.00. The number of ether oxygens (including phenoxy) is 1. The number of esters is 1. The van der Waals surface area contributed by atoms with Crippen LogP contribution < -0.4 is 5.56 Å². The van der Waals surface area contributed by atoms with Crippen molar-refractivity contribution in [2.45, 2.75) is 20.5 Å². The Morgan fingerprint density at radius 3 is 2.91 bits per heavy atom. The summed E-state index contributed by atoms with van der Waals surface area (Å²) >= 11 is 1.12. The van der Waals surface area contributed by atoms with Gasteiger partial charge >= 0.3 is 5.97 Å². The molecule has 23 heavy (non-hydrogen) atoms. The number of rotatable bonds is 3. The molecule has 118 valence electrons. The summed E-state index contributed by atoms with van der Waals surface area (Å²) in [5.74, 6) is -0.446. The number of H-pyrrole nitrogens is 1. The number of hydrogen-bond donors (Lipinski definition) is 1. The van der Waals surface area contributed by atoms with Crippen molar-refractivity contribution >= 4 is 27.5 Å². The summed E-state index contributed by atoms with van der Waals surface area (Å²) in [6.07, 6.45) is 0. The van der Waals surface area contributed by atoms with Crippen molar-refractivity contribution < 1.29 is 13.9 Å². The molecule has 2 aromatic heterocycles. The Kier molecular flexibility index (Phi) is 3.96. The molecule has 0 amide bonds. The molecule has 0 unspecified atom stereocenters. The lowest BCUT2D eigenvalue weighted by molar-refractivity contribution is 0.0477. The molecular formula is C16H13FN2O3S. The fraction of sp³-hybridized carbons (Fsp3) is 0.188. The van der Waals surface area contributed by atoms with E-state index in [0.29, 0.717) is 32.0 Å². The molecule has 0 saturated heterocycles. The minimum Gasteiger partial charge on any atom is -0.457 e. The maximum absolute atomic E-state index is 13.1. The minimum atomic E-state index is -0.549. The van der Waals surface area contributed by atoms with Gasteiger partial charge in [-0.1, -0.05) is 12.1 Å². The number of nitrogens with zero attached hydrogens (tertiary/aromatic N) is 1. The highest BCUT2D eigenvalue weighted by atomic mass is 32.1. The van der Waals surface area contributed by atoms with Crippen molar-refractivity contribution in [3.63, 3.8) is 0 Å². The predicted molar refractivity (Wildman–Crippen MR) is 85.2 cm³/mol. The maximum atomic E-state index is 13.1. The Hall–Kier alpha value is -2.54. The average molecular weight is 332 g/mol. The Bertz CT molecular complexity index is 962. The van der Waals surface area contributed by atoms with Crippen molar-refractivity contribution in [1.29, 1.82) is 0 Å². The standard InChI is InChI=1S/C16H13FN2O3S/c1-8-12-14(20)18-9(2)19-15(12)23-13(8)16(21)22-7-10-4-3-5-11(17)6-10/h3-6H,7H2,1-2H3,(H,18,19,20). The van der Waals surface area contributed by atoms with E-state index in [1.54, 1.807) is 26.0 Å². The predicted octanol–water partition coefficient (Wildman–Crippen LogP) is 3.10. The molecule has 0 aliphatic rings. The van der Waals surface area contributed by atoms with Crippen LogP contribution in [0.15, 0.2) is 29.1 Å². The van der Waals surface area contributed by atoms with E-state index in [-0.39, 0.29) is 18.0 Å². The van der Waals surface area contributed by atoms with E-state index in [1.807, 2.05) is 0 Å². The Balaban J connectivity index is 1.88. The van der Waals surface area contributed by atoms with Gasteiger partial charge in [-0.15, -0.1) is 11.3 Å². The zero-order valence-corrected chi connectivity index (χ0v) is 13.3. The largest absolute Gasteiger partial charge is 0.457 e. The van der Waals surface area contributed by atoms with Crippen LogP contribution in [0.4, 0.5) is 4.39 Å². The maximum Gasteiger partial charge on any atom is 0.349 e. The Labute approximate surface area is 134 Å². The molecule has 2 heterocycles. The molecule has 3 aromatic rings. The normalized spacial score (nSPS) is 10.9. The van der Waals surface area contributed by atoms with Gasteiger partial charge in [0.1, 0.15) is 28.0 Å². The molecule has 3 rings (SSSR count). The first-order chi connectivity index (χ1) is 11.0. The Morgan fingerprint density at radius 2 is 2.17 bits per heavy atom. The summed E-state index contributed by atoms with van der Waals surface area (Å²) in [4.78, 5) is 31.9. The quantitative estimate of drug-likeness (QED) is 0.748. The second-order valence-electron chi connectivity index (χ2n) is 5.09. The molecule has 0 saturated carbocycles. The van der Waals surface area contributed by atoms with Gasteiger partial charge in [0.05, 0.1) is 5.39 Å². The summed E-state index contributed by atoms with van der Waals surface area (Å²) < 4.78 is 18.3. The average Bonchev–Trinajstić information content (AvgIpc) is 2.82. The summed E-state index contributed by atoms with van der Waals surface area (Å²) in [7, 11) is 0. The van der Waals surface area contributed by atoms with Crippen molar-refractivity contribution in [3.8, 4) is 0 Å². The van der Waals surface area contributed by atoms with Gasteiger partial charge in [-0.25, -0.2) is 14.2 Å². The van der Waals surface area contributed by atoms with Crippen LogP contribution in [-0.4, -0.2) is 15.9 Å². The number of aromatic amines is 1. The molecule has 7 heteroatoms.